The summed E-state index contributed by atoms with van der Waals surface area (Å²) in [6.07, 6.45) is 0.924. The maximum Gasteiger partial charge on any atom is 0.232 e. The number of hydrogen-bond acceptors (Lipinski definition) is 5. The molecule has 0 amide bonds. The molecule has 1 aromatic heterocycles. The molecule has 1 aromatic rings. The highest BCUT2D eigenvalue weighted by Crippen LogP contribution is 2.23. The Balaban J connectivity index is 2.11. The summed E-state index contributed by atoms with van der Waals surface area (Å²) in [5, 5.41) is 12.3. The second-order valence-electron chi connectivity index (χ2n) is 2.77. The highest BCUT2D eigenvalue weighted by atomic mass is 16.5. The van der Waals surface area contributed by atoms with E-state index in [4.69, 9.17) is 14.4 Å². The van der Waals surface area contributed by atoms with E-state index in [1.807, 2.05) is 0 Å². The van der Waals surface area contributed by atoms with Crippen molar-refractivity contribution in [3.63, 3.8) is 0 Å². The van der Waals surface area contributed by atoms with E-state index in [0.717, 1.165) is 13.0 Å². The Morgan fingerprint density at radius 3 is 3.08 bits per heavy atom. The van der Waals surface area contributed by atoms with Crippen LogP contribution in [-0.2, 0) is 11.3 Å². The van der Waals surface area contributed by atoms with E-state index in [2.05, 4.69) is 10.1 Å². The number of ether oxygens (including phenoxy) is 1. The molecule has 0 aliphatic carbocycles. The first-order chi connectivity index (χ1) is 5.90. The van der Waals surface area contributed by atoms with E-state index >= 15 is 0 Å². The molecule has 0 spiro atoms. The van der Waals surface area contributed by atoms with Crippen LogP contribution in [0, 0.1) is 0 Å². The van der Waals surface area contributed by atoms with E-state index < -0.39 is 0 Å². The second kappa shape index (κ2) is 3.20. The third-order valence-corrected chi connectivity index (χ3v) is 1.90. The van der Waals surface area contributed by atoms with Gasteiger partial charge in [0.2, 0.25) is 5.89 Å². The number of nitrogens with zero attached hydrogens (tertiary/aromatic N) is 2. The van der Waals surface area contributed by atoms with Crippen LogP contribution in [0.5, 0.6) is 0 Å². The smallest absolute Gasteiger partial charge is 0.232 e. The number of aliphatic hydroxyl groups excluding tert-OH is 1. The molecule has 1 N–H and O–H groups in total. The summed E-state index contributed by atoms with van der Waals surface area (Å²) in [7, 11) is 0. The molecule has 1 atom stereocenters. The summed E-state index contributed by atoms with van der Waals surface area (Å²) in [6, 6.07) is 0. The maximum atomic E-state index is 8.68. The van der Waals surface area contributed by atoms with E-state index in [1.54, 1.807) is 0 Å². The Labute approximate surface area is 69.3 Å². The maximum absolute atomic E-state index is 8.68. The van der Waals surface area contributed by atoms with Crippen molar-refractivity contribution >= 4 is 0 Å². The quantitative estimate of drug-likeness (QED) is 0.680. The molecule has 1 saturated heterocycles. The summed E-state index contributed by atoms with van der Waals surface area (Å²) >= 11 is 0. The van der Waals surface area contributed by atoms with Crippen LogP contribution in [0.15, 0.2) is 4.52 Å². The monoisotopic (exact) mass is 170 g/mol. The predicted molar refractivity (Wildman–Crippen MR) is 38.4 cm³/mol. The van der Waals surface area contributed by atoms with Crippen molar-refractivity contribution in [3.8, 4) is 0 Å². The lowest BCUT2D eigenvalue weighted by Gasteiger charge is -1.96. The zero-order chi connectivity index (χ0) is 8.39. The Bertz CT molecular complexity index is 255. The first kappa shape index (κ1) is 7.70. The lowest BCUT2D eigenvalue weighted by Crippen LogP contribution is -1.97. The SMILES string of the molecule is OCc1noc(C2CCOC2)n1. The van der Waals surface area contributed by atoms with E-state index in [-0.39, 0.29) is 12.5 Å². The summed E-state index contributed by atoms with van der Waals surface area (Å²) in [4.78, 5) is 4.00. The van der Waals surface area contributed by atoms with Gasteiger partial charge in [-0.1, -0.05) is 5.16 Å². The van der Waals surface area contributed by atoms with Gasteiger partial charge >= 0.3 is 0 Å². The van der Waals surface area contributed by atoms with Crippen LogP contribution in [0.3, 0.4) is 0 Å². The van der Waals surface area contributed by atoms with Gasteiger partial charge in [-0.3, -0.25) is 0 Å². The lowest BCUT2D eigenvalue weighted by molar-refractivity contribution is 0.189. The molecule has 2 heterocycles. The van der Waals surface area contributed by atoms with E-state index in [9.17, 15) is 0 Å². The first-order valence-electron chi connectivity index (χ1n) is 3.91. The minimum Gasteiger partial charge on any atom is -0.388 e. The zero-order valence-electron chi connectivity index (χ0n) is 6.56. The fourth-order valence-corrected chi connectivity index (χ4v) is 1.23. The molecule has 0 radical (unpaired) electrons. The van der Waals surface area contributed by atoms with Crippen LogP contribution < -0.4 is 0 Å². The minimum absolute atomic E-state index is 0.170. The topological polar surface area (TPSA) is 68.4 Å². The van der Waals surface area contributed by atoms with Gasteiger partial charge in [-0.15, -0.1) is 0 Å². The van der Waals surface area contributed by atoms with Crippen molar-refractivity contribution in [2.24, 2.45) is 0 Å². The standard InChI is InChI=1S/C7H10N2O3/c10-3-6-8-7(12-9-6)5-1-2-11-4-5/h5,10H,1-4H2. The van der Waals surface area contributed by atoms with Crippen molar-refractivity contribution < 1.29 is 14.4 Å². The van der Waals surface area contributed by atoms with Crippen LogP contribution in [0.4, 0.5) is 0 Å². The van der Waals surface area contributed by atoms with Crippen molar-refractivity contribution in [1.82, 2.24) is 10.1 Å². The molecule has 5 nitrogen and oxygen atoms in total. The molecule has 1 unspecified atom stereocenters. The predicted octanol–water partition coefficient (Wildman–Crippen LogP) is 0.0658. The average molecular weight is 170 g/mol. The highest BCUT2D eigenvalue weighted by Gasteiger charge is 2.23. The lowest BCUT2D eigenvalue weighted by atomic mass is 10.1. The first-order valence-corrected chi connectivity index (χ1v) is 3.91. The van der Waals surface area contributed by atoms with Gasteiger partial charge in [0, 0.05) is 6.61 Å². The largest absolute Gasteiger partial charge is 0.388 e. The normalized spacial score (nSPS) is 23.2. The van der Waals surface area contributed by atoms with Crippen LogP contribution in [0.1, 0.15) is 24.1 Å². The summed E-state index contributed by atoms with van der Waals surface area (Å²) in [5.41, 5.74) is 0. The van der Waals surface area contributed by atoms with Crippen LogP contribution in [-0.4, -0.2) is 28.5 Å². The second-order valence-corrected chi connectivity index (χ2v) is 2.77. The molecule has 2 rings (SSSR count). The molecule has 66 valence electrons. The van der Waals surface area contributed by atoms with Gasteiger partial charge < -0.3 is 14.4 Å². The minimum atomic E-state index is -0.170. The van der Waals surface area contributed by atoms with Gasteiger partial charge in [-0.05, 0) is 6.42 Å². The van der Waals surface area contributed by atoms with Gasteiger partial charge in [-0.25, -0.2) is 0 Å². The molecule has 12 heavy (non-hydrogen) atoms. The van der Waals surface area contributed by atoms with Crippen LogP contribution in [0.25, 0.3) is 0 Å². The van der Waals surface area contributed by atoms with Gasteiger partial charge in [-0.2, -0.15) is 4.98 Å². The number of hydrogen-bond donors (Lipinski definition) is 1. The molecule has 0 aromatic carbocycles. The fourth-order valence-electron chi connectivity index (χ4n) is 1.23. The molecular formula is C7H10N2O3. The summed E-state index contributed by atoms with van der Waals surface area (Å²) in [6.45, 7) is 1.23. The van der Waals surface area contributed by atoms with Crippen molar-refractivity contribution in [2.75, 3.05) is 13.2 Å². The molecular weight excluding hydrogens is 160 g/mol. The van der Waals surface area contributed by atoms with Gasteiger partial charge in [0.1, 0.15) is 6.61 Å². The number of aromatic nitrogens is 2. The third-order valence-electron chi connectivity index (χ3n) is 1.90. The van der Waals surface area contributed by atoms with E-state index in [1.165, 1.54) is 0 Å². The molecule has 0 bridgehead atoms. The summed E-state index contributed by atoms with van der Waals surface area (Å²) in [5.74, 6) is 1.14. The number of rotatable bonds is 2. The highest BCUT2D eigenvalue weighted by molar-refractivity contribution is 4.95. The fraction of sp³-hybridized carbons (Fsp3) is 0.714. The Hall–Kier alpha value is -0.940. The van der Waals surface area contributed by atoms with Crippen molar-refractivity contribution in [1.29, 1.82) is 0 Å². The van der Waals surface area contributed by atoms with Crippen molar-refractivity contribution in [2.45, 2.75) is 18.9 Å². The third kappa shape index (κ3) is 1.33. The Kier molecular flexibility index (Phi) is 2.05. The molecule has 5 heteroatoms. The zero-order valence-corrected chi connectivity index (χ0v) is 6.56. The van der Waals surface area contributed by atoms with Crippen molar-refractivity contribution in [3.05, 3.63) is 11.7 Å². The molecule has 1 fully saturated rings. The van der Waals surface area contributed by atoms with Gasteiger partial charge in [0.05, 0.1) is 12.5 Å². The molecule has 1 aliphatic rings. The van der Waals surface area contributed by atoms with Gasteiger partial charge in [0.25, 0.3) is 0 Å². The molecule has 1 aliphatic heterocycles. The molecule has 0 saturated carbocycles. The Morgan fingerprint density at radius 2 is 2.50 bits per heavy atom. The Morgan fingerprint density at radius 1 is 1.58 bits per heavy atom. The average Bonchev–Trinajstić information content (AvgIpc) is 2.75. The van der Waals surface area contributed by atoms with Gasteiger partial charge in [0.15, 0.2) is 5.82 Å². The van der Waals surface area contributed by atoms with E-state index in [0.29, 0.717) is 18.3 Å². The van der Waals surface area contributed by atoms with Crippen LogP contribution >= 0.6 is 0 Å². The van der Waals surface area contributed by atoms with Crippen LogP contribution in [0.2, 0.25) is 0 Å². The summed E-state index contributed by atoms with van der Waals surface area (Å²) < 4.78 is 10.1. The number of aliphatic hydroxyl groups is 1.